The van der Waals surface area contributed by atoms with Crippen molar-refractivity contribution in [3.05, 3.63) is 12.2 Å². The Morgan fingerprint density at radius 2 is 1.38 bits per heavy atom. The lowest BCUT2D eigenvalue weighted by atomic mass is 10.4. The first-order chi connectivity index (χ1) is 7.95. The van der Waals surface area contributed by atoms with Gasteiger partial charge < -0.3 is 18.9 Å². The summed E-state index contributed by atoms with van der Waals surface area (Å²) in [6.45, 7) is 2.85. The van der Waals surface area contributed by atoms with Crippen LogP contribution in [0.15, 0.2) is 12.2 Å². The summed E-state index contributed by atoms with van der Waals surface area (Å²) in [6.07, 6.45) is 8.19. The van der Waals surface area contributed by atoms with E-state index in [0.29, 0.717) is 13.2 Å². The quantitative estimate of drug-likeness (QED) is 0.650. The van der Waals surface area contributed by atoms with Gasteiger partial charge in [0.15, 0.2) is 12.6 Å². The Morgan fingerprint density at radius 1 is 0.875 bits per heavy atom. The molecule has 0 saturated carbocycles. The topological polar surface area (TPSA) is 36.9 Å². The molecule has 92 valence electrons. The zero-order chi connectivity index (χ0) is 11.1. The van der Waals surface area contributed by atoms with Gasteiger partial charge in [0.2, 0.25) is 0 Å². The van der Waals surface area contributed by atoms with Crippen LogP contribution in [0.25, 0.3) is 0 Å². The van der Waals surface area contributed by atoms with Gasteiger partial charge in [-0.2, -0.15) is 0 Å². The normalized spacial score (nSPS) is 30.5. The fourth-order valence-electron chi connectivity index (χ4n) is 1.82. The number of hydrogen-bond acceptors (Lipinski definition) is 4. The van der Waals surface area contributed by atoms with Crippen LogP contribution in [0.1, 0.15) is 25.7 Å². The molecule has 16 heavy (non-hydrogen) atoms. The molecule has 2 saturated heterocycles. The second-order valence-corrected chi connectivity index (χ2v) is 4.02. The summed E-state index contributed by atoms with van der Waals surface area (Å²) in [6, 6.07) is 0. The molecule has 0 aromatic heterocycles. The Kier molecular flexibility index (Phi) is 5.28. The molecule has 2 fully saturated rings. The van der Waals surface area contributed by atoms with E-state index in [0.717, 1.165) is 38.9 Å². The van der Waals surface area contributed by atoms with Crippen molar-refractivity contribution >= 4 is 0 Å². The second-order valence-electron chi connectivity index (χ2n) is 4.02. The molecule has 0 bridgehead atoms. The average Bonchev–Trinajstić information content (AvgIpc) is 2.96. The van der Waals surface area contributed by atoms with Crippen molar-refractivity contribution in [2.45, 2.75) is 38.3 Å². The van der Waals surface area contributed by atoms with Gasteiger partial charge in [-0.25, -0.2) is 0 Å². The standard InChI is InChI=1S/C12H20O4/c1(7-13-11-5-3-9-15-11)2-8-14-12-6-4-10-16-12/h1-2,11-12H,3-10H2. The summed E-state index contributed by atoms with van der Waals surface area (Å²) in [4.78, 5) is 0. The lowest BCUT2D eigenvalue weighted by molar-refractivity contribution is -0.104. The van der Waals surface area contributed by atoms with Crippen LogP contribution in [0.4, 0.5) is 0 Å². The molecule has 2 heterocycles. The van der Waals surface area contributed by atoms with Crippen molar-refractivity contribution < 1.29 is 18.9 Å². The highest BCUT2D eigenvalue weighted by molar-refractivity contribution is 4.81. The minimum absolute atomic E-state index is 0.00346. The van der Waals surface area contributed by atoms with Crippen LogP contribution in [-0.2, 0) is 18.9 Å². The smallest absolute Gasteiger partial charge is 0.158 e. The minimum Gasteiger partial charge on any atom is -0.353 e. The molecule has 0 aromatic carbocycles. The lowest BCUT2D eigenvalue weighted by Crippen LogP contribution is -2.11. The van der Waals surface area contributed by atoms with Crippen LogP contribution in [0.2, 0.25) is 0 Å². The SMILES string of the molecule is C(=CCOC1CCCO1)COC1CCCO1. The molecule has 4 heteroatoms. The molecule has 0 radical (unpaired) electrons. The van der Waals surface area contributed by atoms with Crippen molar-refractivity contribution in [1.29, 1.82) is 0 Å². The van der Waals surface area contributed by atoms with Crippen LogP contribution in [0.5, 0.6) is 0 Å². The maximum absolute atomic E-state index is 5.48. The highest BCUT2D eigenvalue weighted by atomic mass is 16.7. The van der Waals surface area contributed by atoms with E-state index in [-0.39, 0.29) is 12.6 Å². The molecule has 0 amide bonds. The van der Waals surface area contributed by atoms with Gasteiger partial charge in [0.25, 0.3) is 0 Å². The predicted molar refractivity (Wildman–Crippen MR) is 59.0 cm³/mol. The van der Waals surface area contributed by atoms with E-state index in [9.17, 15) is 0 Å². The van der Waals surface area contributed by atoms with Crippen LogP contribution in [0, 0.1) is 0 Å². The molecule has 0 aliphatic carbocycles. The van der Waals surface area contributed by atoms with Gasteiger partial charge in [0, 0.05) is 26.1 Å². The third-order valence-electron chi connectivity index (χ3n) is 2.70. The van der Waals surface area contributed by atoms with Gasteiger partial charge in [-0.15, -0.1) is 0 Å². The second kappa shape index (κ2) is 7.01. The average molecular weight is 228 g/mol. The monoisotopic (exact) mass is 228 g/mol. The molecule has 2 atom stereocenters. The van der Waals surface area contributed by atoms with Gasteiger partial charge in [-0.05, 0) is 12.8 Å². The van der Waals surface area contributed by atoms with Crippen molar-refractivity contribution in [2.75, 3.05) is 26.4 Å². The molecule has 0 spiro atoms. The molecule has 2 aliphatic rings. The Morgan fingerprint density at radius 3 is 1.75 bits per heavy atom. The highest BCUT2D eigenvalue weighted by Crippen LogP contribution is 2.13. The van der Waals surface area contributed by atoms with Gasteiger partial charge >= 0.3 is 0 Å². The van der Waals surface area contributed by atoms with Crippen molar-refractivity contribution in [3.8, 4) is 0 Å². The van der Waals surface area contributed by atoms with Gasteiger partial charge in [0.05, 0.1) is 13.2 Å². The summed E-state index contributed by atoms with van der Waals surface area (Å²) in [5.41, 5.74) is 0. The molecule has 2 unspecified atom stereocenters. The summed E-state index contributed by atoms with van der Waals surface area (Å²) in [5, 5.41) is 0. The van der Waals surface area contributed by atoms with E-state index in [2.05, 4.69) is 0 Å². The first-order valence-corrected chi connectivity index (χ1v) is 6.06. The molecular weight excluding hydrogens is 208 g/mol. The zero-order valence-electron chi connectivity index (χ0n) is 9.60. The zero-order valence-corrected chi connectivity index (χ0v) is 9.60. The first kappa shape index (κ1) is 12.0. The number of rotatable bonds is 6. The van der Waals surface area contributed by atoms with Gasteiger partial charge in [-0.1, -0.05) is 12.2 Å². The van der Waals surface area contributed by atoms with Crippen molar-refractivity contribution in [1.82, 2.24) is 0 Å². The summed E-state index contributed by atoms with van der Waals surface area (Å²) >= 11 is 0. The van der Waals surface area contributed by atoms with E-state index in [1.165, 1.54) is 0 Å². The molecule has 2 rings (SSSR count). The highest BCUT2D eigenvalue weighted by Gasteiger charge is 2.15. The van der Waals surface area contributed by atoms with E-state index >= 15 is 0 Å². The van der Waals surface area contributed by atoms with Crippen molar-refractivity contribution in [2.24, 2.45) is 0 Å². The lowest BCUT2D eigenvalue weighted by Gasteiger charge is -2.09. The summed E-state index contributed by atoms with van der Waals surface area (Å²) in [7, 11) is 0. The Labute approximate surface area is 96.5 Å². The maximum Gasteiger partial charge on any atom is 0.158 e. The Balaban J connectivity index is 1.45. The van der Waals surface area contributed by atoms with Gasteiger partial charge in [-0.3, -0.25) is 0 Å². The first-order valence-electron chi connectivity index (χ1n) is 6.06. The van der Waals surface area contributed by atoms with Gasteiger partial charge in [0.1, 0.15) is 0 Å². The van der Waals surface area contributed by atoms with E-state index in [1.54, 1.807) is 0 Å². The summed E-state index contributed by atoms with van der Waals surface area (Å²) in [5.74, 6) is 0. The largest absolute Gasteiger partial charge is 0.353 e. The van der Waals surface area contributed by atoms with Crippen LogP contribution in [0.3, 0.4) is 0 Å². The molecule has 0 N–H and O–H groups in total. The minimum atomic E-state index is 0.00346. The molecular formula is C12H20O4. The van der Waals surface area contributed by atoms with E-state index in [4.69, 9.17) is 18.9 Å². The van der Waals surface area contributed by atoms with Crippen molar-refractivity contribution in [3.63, 3.8) is 0 Å². The Bertz CT molecular complexity index is 183. The number of ether oxygens (including phenoxy) is 4. The van der Waals surface area contributed by atoms with Crippen LogP contribution in [-0.4, -0.2) is 39.0 Å². The predicted octanol–water partition coefficient (Wildman–Crippen LogP) is 1.85. The number of hydrogen-bond donors (Lipinski definition) is 0. The maximum atomic E-state index is 5.48. The summed E-state index contributed by atoms with van der Waals surface area (Å²) < 4.78 is 21.6. The fraction of sp³-hybridized carbons (Fsp3) is 0.833. The van der Waals surface area contributed by atoms with Crippen LogP contribution < -0.4 is 0 Å². The third kappa shape index (κ3) is 4.22. The molecule has 4 nitrogen and oxygen atoms in total. The molecule has 2 aliphatic heterocycles. The van der Waals surface area contributed by atoms with E-state index < -0.39 is 0 Å². The Hall–Kier alpha value is -0.420. The molecule has 0 aromatic rings. The van der Waals surface area contributed by atoms with Crippen LogP contribution >= 0.6 is 0 Å². The van der Waals surface area contributed by atoms with E-state index in [1.807, 2.05) is 12.2 Å². The fourth-order valence-corrected chi connectivity index (χ4v) is 1.82. The third-order valence-corrected chi connectivity index (χ3v) is 2.70.